The largest absolute Gasteiger partial charge is 0.385 e. The van der Waals surface area contributed by atoms with Crippen LogP contribution >= 0.6 is 0 Å². The van der Waals surface area contributed by atoms with Gasteiger partial charge in [-0.25, -0.2) is 0 Å². The Kier molecular flexibility index (Phi) is 6.73. The maximum absolute atomic E-state index is 13.1. The van der Waals surface area contributed by atoms with Crippen LogP contribution in [-0.4, -0.2) is 47.4 Å². The maximum atomic E-state index is 13.1. The van der Waals surface area contributed by atoms with Crippen LogP contribution in [0.5, 0.6) is 0 Å². The highest BCUT2D eigenvalue weighted by atomic mass is 19.4. The van der Waals surface area contributed by atoms with Crippen LogP contribution in [0.25, 0.3) is 0 Å². The predicted octanol–water partition coefficient (Wildman–Crippen LogP) is 6.93. The minimum Gasteiger partial charge on any atom is -0.192 e. The van der Waals surface area contributed by atoms with Gasteiger partial charge in [0.25, 0.3) is 0 Å². The zero-order valence-corrected chi connectivity index (χ0v) is 12.6. The Morgan fingerprint density at radius 3 is 0.533 bits per heavy atom. The first-order valence-corrected chi connectivity index (χ1v) is 6.03. The first-order chi connectivity index (χ1) is 12.6. The summed E-state index contributed by atoms with van der Waals surface area (Å²) in [5, 5.41) is 0. The lowest BCUT2D eigenvalue weighted by molar-refractivity contribution is -0.454. The molecule has 0 heterocycles. The van der Waals surface area contributed by atoms with Crippen LogP contribution in [-0.2, 0) is 0 Å². The van der Waals surface area contributed by atoms with Crippen molar-refractivity contribution in [1.82, 2.24) is 0 Å². The second kappa shape index (κ2) is 7.06. The molecule has 0 rings (SSSR count). The third kappa shape index (κ3) is 3.22. The average molecular weight is 500 g/mol. The standard InChI is InChI=1S/C10F20/c11-1(12)3(15,16)5(19,20)7(23,24)9(27,28)10(29,30)8(25,26)6(21,22)4(17,18)2(13)14. The fourth-order valence-electron chi connectivity index (χ4n) is 1.42. The van der Waals surface area contributed by atoms with Gasteiger partial charge in [-0.1, -0.05) is 0 Å². The molecular formula is C10F20. The van der Waals surface area contributed by atoms with Gasteiger partial charge in [-0.3, -0.25) is 0 Å². The molecule has 0 aromatic carbocycles. The molecule has 0 N–H and O–H groups in total. The summed E-state index contributed by atoms with van der Waals surface area (Å²) in [6, 6.07) is 0. The highest BCUT2D eigenvalue weighted by Gasteiger charge is 2.96. The lowest BCUT2D eigenvalue weighted by atomic mass is 9.87. The van der Waals surface area contributed by atoms with E-state index in [1.54, 1.807) is 0 Å². The summed E-state index contributed by atoms with van der Waals surface area (Å²) >= 11 is 0. The predicted molar refractivity (Wildman–Crippen MR) is 50.5 cm³/mol. The summed E-state index contributed by atoms with van der Waals surface area (Å²) in [7, 11) is 0. The van der Waals surface area contributed by atoms with E-state index in [0.29, 0.717) is 0 Å². The first kappa shape index (κ1) is 28.6. The molecule has 0 unspecified atom stereocenters. The molecule has 0 aliphatic rings. The van der Waals surface area contributed by atoms with Crippen molar-refractivity contribution in [3.8, 4) is 0 Å². The normalized spacial score (nSPS) is 16.6. The second-order valence-electron chi connectivity index (χ2n) is 5.12. The van der Waals surface area contributed by atoms with E-state index in [9.17, 15) is 87.8 Å². The minimum absolute atomic E-state index is 5.18. The SMILES string of the molecule is F[C](F)C(F)(F)C(F)(F)C(F)(F)C(F)(F)C(F)(F)C(F)(F)C(F)(F)C(F)(F)[C](F)F. The van der Waals surface area contributed by atoms with Crippen LogP contribution in [0.4, 0.5) is 87.8 Å². The number of hydrogen-bond acceptors (Lipinski definition) is 0. The molecule has 0 amide bonds. The van der Waals surface area contributed by atoms with Crippen LogP contribution in [0.3, 0.4) is 0 Å². The van der Waals surface area contributed by atoms with Crippen molar-refractivity contribution in [2.24, 2.45) is 0 Å². The third-order valence-corrected chi connectivity index (χ3v) is 3.24. The fraction of sp³-hybridized carbons (Fsp3) is 0.800. The summed E-state index contributed by atoms with van der Waals surface area (Å²) in [5.41, 5.74) is 0. The van der Waals surface area contributed by atoms with Crippen molar-refractivity contribution >= 4 is 0 Å². The number of hydrogen-bond donors (Lipinski definition) is 0. The molecule has 0 aliphatic heterocycles. The highest BCUT2D eigenvalue weighted by Crippen LogP contribution is 2.65. The Morgan fingerprint density at radius 2 is 0.400 bits per heavy atom. The van der Waals surface area contributed by atoms with E-state index in [2.05, 4.69) is 0 Å². The number of rotatable bonds is 9. The molecular weight excluding hydrogens is 500 g/mol. The highest BCUT2D eigenvalue weighted by molar-refractivity contribution is 5.18. The first-order valence-electron chi connectivity index (χ1n) is 6.03. The molecule has 0 bridgehead atoms. The molecule has 20 heteroatoms. The molecule has 0 aromatic heterocycles. The zero-order valence-electron chi connectivity index (χ0n) is 12.6. The van der Waals surface area contributed by atoms with Crippen molar-refractivity contribution in [3.63, 3.8) is 0 Å². The monoisotopic (exact) mass is 500 g/mol. The van der Waals surface area contributed by atoms with Gasteiger partial charge in [0.1, 0.15) is 0 Å². The summed E-state index contributed by atoms with van der Waals surface area (Å²) in [5.74, 6) is -67.9. The lowest BCUT2D eigenvalue weighted by Crippen LogP contribution is -2.75. The molecule has 0 saturated carbocycles. The Balaban J connectivity index is 6.82. The van der Waals surface area contributed by atoms with Gasteiger partial charge in [0.15, 0.2) is 0 Å². The van der Waals surface area contributed by atoms with Crippen LogP contribution < -0.4 is 0 Å². The van der Waals surface area contributed by atoms with E-state index < -0.39 is 60.2 Å². The van der Waals surface area contributed by atoms with Gasteiger partial charge in [-0.15, -0.1) is 0 Å². The topological polar surface area (TPSA) is 0 Å². The molecule has 0 nitrogen and oxygen atoms in total. The van der Waals surface area contributed by atoms with Crippen molar-refractivity contribution in [3.05, 3.63) is 12.9 Å². The molecule has 0 atom stereocenters. The summed E-state index contributed by atoms with van der Waals surface area (Å²) in [6.07, 6.45) is -10.4. The molecule has 180 valence electrons. The summed E-state index contributed by atoms with van der Waals surface area (Å²) in [4.78, 5) is 0. The van der Waals surface area contributed by atoms with E-state index in [-0.39, 0.29) is 0 Å². The van der Waals surface area contributed by atoms with Crippen molar-refractivity contribution in [2.75, 3.05) is 0 Å². The quantitative estimate of drug-likeness (QED) is 0.302. The van der Waals surface area contributed by atoms with E-state index in [1.807, 2.05) is 0 Å². The smallest absolute Gasteiger partial charge is 0.192 e. The Labute approximate surface area is 149 Å². The molecule has 0 spiro atoms. The van der Waals surface area contributed by atoms with Gasteiger partial charge in [0.2, 0.25) is 0 Å². The molecule has 2 radical (unpaired) electrons. The number of alkyl halides is 16. The second-order valence-corrected chi connectivity index (χ2v) is 5.12. The van der Waals surface area contributed by atoms with E-state index in [4.69, 9.17) is 0 Å². The Hall–Kier alpha value is -1.40. The van der Waals surface area contributed by atoms with Gasteiger partial charge in [-0.05, 0) is 0 Å². The summed E-state index contributed by atoms with van der Waals surface area (Å²) < 4.78 is 252. The van der Waals surface area contributed by atoms with Crippen molar-refractivity contribution in [2.45, 2.75) is 47.4 Å². The van der Waals surface area contributed by atoms with Crippen LogP contribution in [0.15, 0.2) is 0 Å². The van der Waals surface area contributed by atoms with E-state index >= 15 is 0 Å². The summed E-state index contributed by atoms with van der Waals surface area (Å²) in [6.45, 7) is 0. The molecule has 0 aromatic rings. The van der Waals surface area contributed by atoms with Crippen LogP contribution in [0.1, 0.15) is 0 Å². The zero-order chi connectivity index (χ0) is 25.2. The fourth-order valence-corrected chi connectivity index (χ4v) is 1.42. The minimum atomic E-state index is -8.95. The van der Waals surface area contributed by atoms with Gasteiger partial charge < -0.3 is 0 Å². The van der Waals surface area contributed by atoms with Crippen molar-refractivity contribution < 1.29 is 87.8 Å². The molecule has 0 fully saturated rings. The Morgan fingerprint density at radius 1 is 0.267 bits per heavy atom. The number of halogens is 20. The Bertz CT molecular complexity index is 559. The molecule has 30 heavy (non-hydrogen) atoms. The van der Waals surface area contributed by atoms with Gasteiger partial charge >= 0.3 is 60.2 Å². The van der Waals surface area contributed by atoms with E-state index in [1.165, 1.54) is 0 Å². The van der Waals surface area contributed by atoms with Gasteiger partial charge in [0, 0.05) is 0 Å². The van der Waals surface area contributed by atoms with Gasteiger partial charge in [0.05, 0.1) is 0 Å². The lowest BCUT2D eigenvalue weighted by Gasteiger charge is -2.43. The molecule has 0 aliphatic carbocycles. The molecule has 0 saturated heterocycles. The van der Waals surface area contributed by atoms with Crippen molar-refractivity contribution in [1.29, 1.82) is 0 Å². The average Bonchev–Trinajstić information content (AvgIpc) is 2.52. The third-order valence-electron chi connectivity index (χ3n) is 3.24. The maximum Gasteiger partial charge on any atom is 0.385 e. The van der Waals surface area contributed by atoms with Crippen LogP contribution in [0, 0.1) is 12.9 Å². The van der Waals surface area contributed by atoms with Gasteiger partial charge in [-0.2, -0.15) is 87.8 Å². The van der Waals surface area contributed by atoms with Crippen LogP contribution in [0.2, 0.25) is 0 Å². The van der Waals surface area contributed by atoms with E-state index in [0.717, 1.165) is 0 Å².